The smallest absolute Gasteiger partial charge is 0.113 e. The zero-order chi connectivity index (χ0) is 18.9. The summed E-state index contributed by atoms with van der Waals surface area (Å²) in [7, 11) is 5.91. The van der Waals surface area contributed by atoms with Gasteiger partial charge in [-0.3, -0.25) is 0 Å². The highest BCUT2D eigenvalue weighted by atomic mass is 14.8. The molecule has 2 aliphatic rings. The van der Waals surface area contributed by atoms with Gasteiger partial charge in [0.25, 0.3) is 0 Å². The van der Waals surface area contributed by atoms with Crippen molar-refractivity contribution in [3.63, 3.8) is 0 Å². The summed E-state index contributed by atoms with van der Waals surface area (Å²) in [4.78, 5) is 0. The lowest BCUT2D eigenvalue weighted by Gasteiger charge is -2.26. The normalized spacial score (nSPS) is 27.5. The number of aryl methyl sites for hydroxylation is 2. The summed E-state index contributed by atoms with van der Waals surface area (Å²) in [5, 5.41) is 0. The second-order valence-corrected chi connectivity index (χ2v) is 9.08. The van der Waals surface area contributed by atoms with Crippen LogP contribution in [0.2, 0.25) is 0 Å². The molecule has 0 bridgehead atoms. The number of hydrogen-bond acceptors (Lipinski definition) is 1. The Kier molecular flexibility index (Phi) is 5.46. The summed E-state index contributed by atoms with van der Waals surface area (Å²) in [6.07, 6.45) is 10.9. The molecule has 1 nitrogen and oxygen atoms in total. The molecular formula is C25H32BN. The zero-order valence-corrected chi connectivity index (χ0v) is 16.7. The van der Waals surface area contributed by atoms with Gasteiger partial charge in [-0.15, -0.1) is 0 Å². The Morgan fingerprint density at radius 1 is 1.11 bits per heavy atom. The Bertz CT molecular complexity index is 799. The first-order valence-corrected chi connectivity index (χ1v) is 10.8. The Morgan fingerprint density at radius 2 is 2.00 bits per heavy atom. The summed E-state index contributed by atoms with van der Waals surface area (Å²) in [6, 6.07) is 15.7. The number of rotatable bonds is 5. The van der Waals surface area contributed by atoms with Crippen molar-refractivity contribution in [2.75, 3.05) is 0 Å². The van der Waals surface area contributed by atoms with Crippen LogP contribution in [0.25, 0.3) is 0 Å². The van der Waals surface area contributed by atoms with Crippen LogP contribution in [0.1, 0.15) is 73.6 Å². The highest BCUT2D eigenvalue weighted by Crippen LogP contribution is 2.42. The van der Waals surface area contributed by atoms with E-state index in [0.717, 1.165) is 30.6 Å². The van der Waals surface area contributed by atoms with Crippen LogP contribution in [0, 0.1) is 5.92 Å². The third-order valence-electron chi connectivity index (χ3n) is 7.17. The van der Waals surface area contributed by atoms with E-state index < -0.39 is 0 Å². The molecule has 1 fully saturated rings. The maximum Gasteiger partial charge on any atom is 0.113 e. The van der Waals surface area contributed by atoms with Crippen LogP contribution in [-0.2, 0) is 19.3 Å². The maximum absolute atomic E-state index is 6.52. The largest absolute Gasteiger partial charge is 0.325 e. The second-order valence-electron chi connectivity index (χ2n) is 9.08. The van der Waals surface area contributed by atoms with E-state index in [1.54, 1.807) is 11.1 Å². The molecule has 0 heterocycles. The molecule has 0 aromatic heterocycles. The zero-order valence-electron chi connectivity index (χ0n) is 16.7. The standard InChI is InChI=1S/C25H32BN/c1-2-25(27)13-12-23(17-25)22-11-10-20-14-19(8-9-21(20)16-22)7-6-18-4-3-5-24(26)15-18/h3-5,10-11,15-16,19,23H,2,6-9,12-14,17,27H2,1H3/t19-,23+,25-/m1/s1. The number of hydrogen-bond donors (Lipinski definition) is 1. The molecule has 3 atom stereocenters. The topological polar surface area (TPSA) is 26.0 Å². The lowest BCUT2D eigenvalue weighted by molar-refractivity contribution is 0.417. The van der Waals surface area contributed by atoms with Gasteiger partial charge in [0.15, 0.2) is 0 Å². The Balaban J connectivity index is 1.38. The fourth-order valence-electron chi connectivity index (χ4n) is 5.23. The van der Waals surface area contributed by atoms with Crippen molar-refractivity contribution in [1.29, 1.82) is 0 Å². The minimum Gasteiger partial charge on any atom is -0.325 e. The van der Waals surface area contributed by atoms with Gasteiger partial charge in [0.1, 0.15) is 7.85 Å². The first kappa shape index (κ1) is 18.8. The molecule has 2 N–H and O–H groups in total. The van der Waals surface area contributed by atoms with Crippen LogP contribution in [0.15, 0.2) is 42.5 Å². The fraction of sp³-hybridized carbons (Fsp3) is 0.520. The quantitative estimate of drug-likeness (QED) is 0.778. The van der Waals surface area contributed by atoms with Gasteiger partial charge < -0.3 is 5.73 Å². The van der Waals surface area contributed by atoms with E-state index >= 15 is 0 Å². The molecule has 0 amide bonds. The van der Waals surface area contributed by atoms with Crippen molar-refractivity contribution < 1.29 is 0 Å². The third-order valence-corrected chi connectivity index (χ3v) is 7.17. The molecule has 4 rings (SSSR count). The maximum atomic E-state index is 6.52. The summed E-state index contributed by atoms with van der Waals surface area (Å²) in [6.45, 7) is 2.24. The lowest BCUT2D eigenvalue weighted by Crippen LogP contribution is -2.35. The first-order chi connectivity index (χ1) is 13.0. The van der Waals surface area contributed by atoms with Crippen molar-refractivity contribution in [3.8, 4) is 0 Å². The van der Waals surface area contributed by atoms with Crippen LogP contribution in [0.5, 0.6) is 0 Å². The molecule has 0 spiro atoms. The first-order valence-electron chi connectivity index (χ1n) is 10.8. The summed E-state index contributed by atoms with van der Waals surface area (Å²) in [5.74, 6) is 1.47. The van der Waals surface area contributed by atoms with Crippen molar-refractivity contribution in [2.45, 2.75) is 76.2 Å². The predicted molar refractivity (Wildman–Crippen MR) is 116 cm³/mol. The molecule has 2 aromatic rings. The van der Waals surface area contributed by atoms with Crippen LogP contribution in [0.3, 0.4) is 0 Å². The van der Waals surface area contributed by atoms with E-state index in [1.807, 2.05) is 6.07 Å². The highest BCUT2D eigenvalue weighted by molar-refractivity contribution is 6.32. The van der Waals surface area contributed by atoms with Crippen LogP contribution in [0.4, 0.5) is 0 Å². The van der Waals surface area contributed by atoms with E-state index in [2.05, 4.69) is 43.3 Å². The molecule has 1 saturated carbocycles. The molecule has 2 heteroatoms. The van der Waals surface area contributed by atoms with Crippen molar-refractivity contribution >= 4 is 13.3 Å². The SMILES string of the molecule is [B]c1cccc(CC[C@@H]2CCc3cc([C@H]4CC[C@](N)(CC)C4)ccc3C2)c1. The Hall–Kier alpha value is -1.54. The summed E-state index contributed by atoms with van der Waals surface area (Å²) < 4.78 is 0. The average molecular weight is 357 g/mol. The van der Waals surface area contributed by atoms with Gasteiger partial charge in [0.05, 0.1) is 0 Å². The van der Waals surface area contributed by atoms with Gasteiger partial charge in [-0.05, 0) is 91.9 Å². The van der Waals surface area contributed by atoms with Crippen molar-refractivity contribution in [3.05, 3.63) is 64.7 Å². The van der Waals surface area contributed by atoms with E-state index in [1.165, 1.54) is 49.7 Å². The Labute approximate surface area is 166 Å². The fourth-order valence-corrected chi connectivity index (χ4v) is 5.23. The number of fused-ring (bicyclic) bond motifs is 1. The summed E-state index contributed by atoms with van der Waals surface area (Å²) in [5.41, 5.74) is 13.6. The van der Waals surface area contributed by atoms with Crippen LogP contribution < -0.4 is 11.2 Å². The van der Waals surface area contributed by atoms with Gasteiger partial charge >= 0.3 is 0 Å². The van der Waals surface area contributed by atoms with Gasteiger partial charge in [-0.2, -0.15) is 0 Å². The van der Waals surface area contributed by atoms with Gasteiger partial charge in [0.2, 0.25) is 0 Å². The third kappa shape index (κ3) is 4.32. The second kappa shape index (κ2) is 7.83. The number of nitrogens with two attached hydrogens (primary N) is 1. The van der Waals surface area contributed by atoms with Crippen molar-refractivity contribution in [2.24, 2.45) is 11.7 Å². The molecule has 0 unspecified atom stereocenters. The van der Waals surface area contributed by atoms with Crippen LogP contribution in [-0.4, -0.2) is 13.4 Å². The van der Waals surface area contributed by atoms with E-state index in [4.69, 9.17) is 13.6 Å². The van der Waals surface area contributed by atoms with E-state index in [0.29, 0.717) is 5.92 Å². The molecule has 0 aliphatic heterocycles. The minimum absolute atomic E-state index is 0.0759. The predicted octanol–water partition coefficient (Wildman–Crippen LogP) is 4.59. The Morgan fingerprint density at radius 3 is 2.78 bits per heavy atom. The molecule has 2 aromatic carbocycles. The van der Waals surface area contributed by atoms with Crippen LogP contribution >= 0.6 is 0 Å². The molecule has 140 valence electrons. The summed E-state index contributed by atoms with van der Waals surface area (Å²) >= 11 is 0. The molecule has 2 aliphatic carbocycles. The molecule has 27 heavy (non-hydrogen) atoms. The van der Waals surface area contributed by atoms with Gasteiger partial charge in [0, 0.05) is 5.54 Å². The molecular weight excluding hydrogens is 325 g/mol. The number of benzene rings is 2. The van der Waals surface area contributed by atoms with Gasteiger partial charge in [-0.25, -0.2) is 0 Å². The average Bonchev–Trinajstić information content (AvgIpc) is 3.09. The van der Waals surface area contributed by atoms with E-state index in [9.17, 15) is 0 Å². The van der Waals surface area contributed by atoms with E-state index in [-0.39, 0.29) is 5.54 Å². The molecule has 2 radical (unpaired) electrons. The minimum atomic E-state index is 0.0759. The molecule has 0 saturated heterocycles. The van der Waals surface area contributed by atoms with Crippen molar-refractivity contribution in [1.82, 2.24) is 0 Å². The lowest BCUT2D eigenvalue weighted by atomic mass is 9.79. The monoisotopic (exact) mass is 357 g/mol. The van der Waals surface area contributed by atoms with Gasteiger partial charge in [-0.1, -0.05) is 54.9 Å². The highest BCUT2D eigenvalue weighted by Gasteiger charge is 2.35.